The predicted molar refractivity (Wildman–Crippen MR) is 126 cm³/mol. The average molecular weight is 490 g/mol. The Bertz CT molecular complexity index is 1560. The van der Waals surface area contributed by atoms with E-state index >= 15 is 0 Å². The highest BCUT2D eigenvalue weighted by molar-refractivity contribution is 6.03. The number of alkyl halides is 3. The Hall–Kier alpha value is -4.80. The van der Waals surface area contributed by atoms with Crippen LogP contribution in [0.1, 0.15) is 16.2 Å². The molecule has 0 bridgehead atoms. The third-order valence-corrected chi connectivity index (χ3v) is 5.30. The van der Waals surface area contributed by atoms with Crippen LogP contribution in [0.25, 0.3) is 28.1 Å². The molecule has 3 aromatic heterocycles. The average Bonchev–Trinajstić information content (AvgIpc) is 3.34. The number of pyridine rings is 1. The zero-order chi connectivity index (χ0) is 25.3. The van der Waals surface area contributed by atoms with Crippen molar-refractivity contribution in [2.75, 3.05) is 12.4 Å². The summed E-state index contributed by atoms with van der Waals surface area (Å²) in [6.07, 6.45) is -1.55. The van der Waals surface area contributed by atoms with E-state index in [1.165, 1.54) is 36.2 Å². The number of carbonyl (C=O) groups is 1. The lowest BCUT2D eigenvalue weighted by Gasteiger charge is -2.10. The topological polar surface area (TPSA) is 94.8 Å². The van der Waals surface area contributed by atoms with Crippen molar-refractivity contribution in [2.45, 2.75) is 6.18 Å². The van der Waals surface area contributed by atoms with Gasteiger partial charge in [-0.2, -0.15) is 18.3 Å². The van der Waals surface area contributed by atoms with Gasteiger partial charge < -0.3 is 10.1 Å². The fourth-order valence-electron chi connectivity index (χ4n) is 3.56. The summed E-state index contributed by atoms with van der Waals surface area (Å²) in [5, 5.41) is 7.03. The van der Waals surface area contributed by atoms with Crippen molar-refractivity contribution < 1.29 is 22.7 Å². The molecule has 0 aliphatic heterocycles. The summed E-state index contributed by atoms with van der Waals surface area (Å²) in [6, 6.07) is 16.8. The Kier molecular flexibility index (Phi) is 5.80. The first-order valence-corrected chi connectivity index (χ1v) is 10.6. The number of hydrogen-bond donors (Lipinski definition) is 1. The second-order valence-electron chi connectivity index (χ2n) is 7.65. The van der Waals surface area contributed by atoms with Gasteiger partial charge >= 0.3 is 6.18 Å². The summed E-state index contributed by atoms with van der Waals surface area (Å²) in [6.45, 7) is 0. The van der Waals surface area contributed by atoms with Gasteiger partial charge in [-0.1, -0.05) is 12.1 Å². The van der Waals surface area contributed by atoms with E-state index in [1.54, 1.807) is 48.7 Å². The summed E-state index contributed by atoms with van der Waals surface area (Å²) in [4.78, 5) is 25.2. The maximum Gasteiger partial charge on any atom is 0.433 e. The van der Waals surface area contributed by atoms with Crippen LogP contribution in [0.2, 0.25) is 0 Å². The molecule has 2 aromatic carbocycles. The molecule has 1 N–H and O–H groups in total. The van der Waals surface area contributed by atoms with Crippen molar-refractivity contribution in [1.82, 2.24) is 24.7 Å². The number of ether oxygens (including phenoxy) is 1. The molecular formula is C25H17F3N6O2. The molecule has 0 fully saturated rings. The van der Waals surface area contributed by atoms with Crippen LogP contribution in [0.3, 0.4) is 0 Å². The number of anilines is 1. The third kappa shape index (κ3) is 4.58. The Morgan fingerprint density at radius 2 is 1.69 bits per heavy atom. The quantitative estimate of drug-likeness (QED) is 0.366. The van der Waals surface area contributed by atoms with Gasteiger partial charge in [0.15, 0.2) is 11.5 Å². The minimum Gasteiger partial charge on any atom is -0.497 e. The van der Waals surface area contributed by atoms with Gasteiger partial charge in [0.05, 0.1) is 23.8 Å². The van der Waals surface area contributed by atoms with Gasteiger partial charge in [-0.15, -0.1) is 0 Å². The summed E-state index contributed by atoms with van der Waals surface area (Å²) in [7, 11) is 1.53. The molecule has 5 aromatic rings. The largest absolute Gasteiger partial charge is 0.497 e. The minimum atomic E-state index is -4.64. The Labute approximate surface area is 202 Å². The van der Waals surface area contributed by atoms with Crippen LogP contribution in [0, 0.1) is 0 Å². The highest BCUT2D eigenvalue weighted by Crippen LogP contribution is 2.30. The van der Waals surface area contributed by atoms with Crippen LogP contribution < -0.4 is 10.1 Å². The molecule has 0 radical (unpaired) electrons. The first-order chi connectivity index (χ1) is 17.3. The van der Waals surface area contributed by atoms with Gasteiger partial charge in [0, 0.05) is 23.6 Å². The van der Waals surface area contributed by atoms with E-state index in [2.05, 4.69) is 25.4 Å². The first kappa shape index (κ1) is 23.0. The van der Waals surface area contributed by atoms with Gasteiger partial charge in [0.1, 0.15) is 11.4 Å². The van der Waals surface area contributed by atoms with E-state index in [0.29, 0.717) is 33.7 Å². The molecule has 1 amide bonds. The van der Waals surface area contributed by atoms with E-state index in [9.17, 15) is 18.0 Å². The van der Waals surface area contributed by atoms with Crippen molar-refractivity contribution in [2.24, 2.45) is 0 Å². The monoisotopic (exact) mass is 490 g/mol. The molecule has 5 rings (SSSR count). The molecule has 0 unspecified atom stereocenters. The van der Waals surface area contributed by atoms with Crippen molar-refractivity contribution in [3.05, 3.63) is 90.5 Å². The molecule has 0 atom stereocenters. The first-order valence-electron chi connectivity index (χ1n) is 10.6. The lowest BCUT2D eigenvalue weighted by Crippen LogP contribution is -2.14. The molecule has 180 valence electrons. The maximum atomic E-state index is 13.3. The molecule has 0 aliphatic rings. The SMILES string of the molecule is COc1ccc(NC(=O)c2cc(-c3ccc4nccnc4c3)n(-c3cccc(C(F)(F)F)n3)n2)cc1. The normalized spacial score (nSPS) is 11.4. The second-order valence-corrected chi connectivity index (χ2v) is 7.65. The highest BCUT2D eigenvalue weighted by Gasteiger charge is 2.33. The predicted octanol–water partition coefficient (Wildman–Crippen LogP) is 5.16. The van der Waals surface area contributed by atoms with Gasteiger partial charge in [-0.3, -0.25) is 14.8 Å². The van der Waals surface area contributed by atoms with Crippen molar-refractivity contribution in [3.8, 4) is 22.8 Å². The van der Waals surface area contributed by atoms with Crippen molar-refractivity contribution >= 4 is 22.6 Å². The van der Waals surface area contributed by atoms with Crippen LogP contribution >= 0.6 is 0 Å². The smallest absolute Gasteiger partial charge is 0.433 e. The lowest BCUT2D eigenvalue weighted by molar-refractivity contribution is -0.141. The van der Waals surface area contributed by atoms with Crippen LogP contribution in [0.4, 0.5) is 18.9 Å². The molecule has 8 nitrogen and oxygen atoms in total. The number of fused-ring (bicyclic) bond motifs is 1. The van der Waals surface area contributed by atoms with E-state index < -0.39 is 17.8 Å². The number of nitrogens with one attached hydrogen (secondary N) is 1. The van der Waals surface area contributed by atoms with E-state index in [1.807, 2.05) is 0 Å². The van der Waals surface area contributed by atoms with Crippen LogP contribution in [0.5, 0.6) is 5.75 Å². The third-order valence-electron chi connectivity index (χ3n) is 5.30. The van der Waals surface area contributed by atoms with Crippen LogP contribution in [-0.4, -0.2) is 37.7 Å². The maximum absolute atomic E-state index is 13.3. The van der Waals surface area contributed by atoms with Crippen LogP contribution in [-0.2, 0) is 6.18 Å². The summed E-state index contributed by atoms with van der Waals surface area (Å²) in [5.41, 5.74) is 1.54. The van der Waals surface area contributed by atoms with Crippen molar-refractivity contribution in [1.29, 1.82) is 0 Å². The fourth-order valence-corrected chi connectivity index (χ4v) is 3.56. The molecule has 0 aliphatic carbocycles. The summed E-state index contributed by atoms with van der Waals surface area (Å²) < 4.78 is 46.3. The highest BCUT2D eigenvalue weighted by atomic mass is 19.4. The van der Waals surface area contributed by atoms with E-state index in [-0.39, 0.29) is 11.5 Å². The lowest BCUT2D eigenvalue weighted by atomic mass is 10.1. The number of amides is 1. The van der Waals surface area contributed by atoms with Gasteiger partial charge in [-0.25, -0.2) is 9.67 Å². The molecule has 0 saturated carbocycles. The number of hydrogen-bond acceptors (Lipinski definition) is 6. The van der Waals surface area contributed by atoms with E-state index in [0.717, 1.165) is 6.07 Å². The number of benzene rings is 2. The number of carbonyl (C=O) groups excluding carboxylic acids is 1. The summed E-state index contributed by atoms with van der Waals surface area (Å²) in [5.74, 6) is -0.0233. The van der Waals surface area contributed by atoms with E-state index in [4.69, 9.17) is 4.74 Å². The van der Waals surface area contributed by atoms with Gasteiger partial charge in [-0.05, 0) is 54.6 Å². The number of methoxy groups -OCH3 is 1. The fraction of sp³-hybridized carbons (Fsp3) is 0.0800. The summed E-state index contributed by atoms with van der Waals surface area (Å²) >= 11 is 0. The second kappa shape index (κ2) is 9.10. The Balaban J connectivity index is 1.59. The van der Waals surface area contributed by atoms with Crippen LogP contribution in [0.15, 0.2) is 79.1 Å². The molecule has 0 spiro atoms. The molecule has 0 saturated heterocycles. The Morgan fingerprint density at radius 3 is 2.42 bits per heavy atom. The number of halogens is 3. The number of aromatic nitrogens is 5. The zero-order valence-corrected chi connectivity index (χ0v) is 18.7. The molecular weight excluding hydrogens is 473 g/mol. The van der Waals surface area contributed by atoms with Gasteiger partial charge in [0.25, 0.3) is 5.91 Å². The molecule has 3 heterocycles. The Morgan fingerprint density at radius 1 is 0.944 bits per heavy atom. The molecule has 36 heavy (non-hydrogen) atoms. The van der Waals surface area contributed by atoms with Crippen molar-refractivity contribution in [3.63, 3.8) is 0 Å². The number of rotatable bonds is 5. The standard InChI is InChI=1S/C25H17F3N6O2/c1-36-17-8-6-16(7-9-17)31-24(35)20-14-21(15-5-10-18-19(13-15)30-12-11-29-18)34(33-20)23-4-2-3-22(32-23)25(26,27)28/h2-14H,1H3,(H,31,35). The number of nitrogens with zero attached hydrogens (tertiary/aromatic N) is 5. The van der Waals surface area contributed by atoms with Gasteiger partial charge in [0.2, 0.25) is 0 Å². The molecule has 11 heteroatoms. The minimum absolute atomic E-state index is 0.0146. The zero-order valence-electron chi connectivity index (χ0n) is 18.7.